The van der Waals surface area contributed by atoms with Crippen LogP contribution < -0.4 is 20.1 Å². The SMILES string of the molecule is CCCc1nn2c(=O)n(CC(=O)c3ccc(OC)c(OC)c3)c3ccccc3c2[nH+]1. The molecule has 0 saturated heterocycles. The largest absolute Gasteiger partial charge is 0.493 e. The predicted octanol–water partition coefficient (Wildman–Crippen LogP) is 2.32. The number of Topliss-reactive ketones (excluding diaryl/α,β-unsaturated/α-hetero) is 1. The zero-order chi connectivity index (χ0) is 21.3. The van der Waals surface area contributed by atoms with Crippen molar-refractivity contribution in [2.24, 2.45) is 0 Å². The Morgan fingerprint density at radius 1 is 1.10 bits per heavy atom. The number of aromatic amines is 1. The van der Waals surface area contributed by atoms with Crippen molar-refractivity contribution in [2.75, 3.05) is 14.2 Å². The molecule has 4 aromatic rings. The van der Waals surface area contributed by atoms with E-state index in [4.69, 9.17) is 9.47 Å². The van der Waals surface area contributed by atoms with Gasteiger partial charge < -0.3 is 9.47 Å². The van der Waals surface area contributed by atoms with Crippen LogP contribution in [0.25, 0.3) is 16.6 Å². The second-order valence-corrected chi connectivity index (χ2v) is 6.96. The van der Waals surface area contributed by atoms with E-state index in [1.54, 1.807) is 18.2 Å². The highest BCUT2D eigenvalue weighted by atomic mass is 16.5. The number of aryl methyl sites for hydroxylation is 1. The van der Waals surface area contributed by atoms with E-state index in [0.29, 0.717) is 28.2 Å². The first-order chi connectivity index (χ1) is 14.6. The van der Waals surface area contributed by atoms with Crippen LogP contribution in [0.5, 0.6) is 11.5 Å². The zero-order valence-electron chi connectivity index (χ0n) is 17.1. The molecule has 0 bridgehead atoms. The van der Waals surface area contributed by atoms with Crippen molar-refractivity contribution in [1.82, 2.24) is 14.2 Å². The van der Waals surface area contributed by atoms with Crippen molar-refractivity contribution >= 4 is 22.3 Å². The summed E-state index contributed by atoms with van der Waals surface area (Å²) in [5, 5.41) is 5.25. The zero-order valence-corrected chi connectivity index (χ0v) is 17.1. The maximum Gasteiger partial charge on any atom is 0.423 e. The molecule has 4 rings (SSSR count). The molecular formula is C22H23N4O4+. The second-order valence-electron chi connectivity index (χ2n) is 6.96. The summed E-state index contributed by atoms with van der Waals surface area (Å²) in [4.78, 5) is 29.5. The highest BCUT2D eigenvalue weighted by molar-refractivity contribution is 5.98. The number of ketones is 1. The fraction of sp³-hybridized carbons (Fsp3) is 0.273. The maximum atomic E-state index is 13.2. The Morgan fingerprint density at radius 2 is 1.87 bits per heavy atom. The van der Waals surface area contributed by atoms with Crippen LogP contribution in [0.4, 0.5) is 0 Å². The number of methoxy groups -OCH3 is 2. The lowest BCUT2D eigenvalue weighted by Crippen LogP contribution is -2.31. The average molecular weight is 407 g/mol. The summed E-state index contributed by atoms with van der Waals surface area (Å²) in [6.45, 7) is 1.93. The Bertz CT molecular complexity index is 1310. The van der Waals surface area contributed by atoms with Gasteiger partial charge in [0, 0.05) is 12.0 Å². The Hall–Kier alpha value is -3.68. The van der Waals surface area contributed by atoms with Crippen LogP contribution in [0.2, 0.25) is 0 Å². The van der Waals surface area contributed by atoms with Gasteiger partial charge in [-0.3, -0.25) is 9.36 Å². The van der Waals surface area contributed by atoms with Crippen LogP contribution in [0.1, 0.15) is 29.5 Å². The van der Waals surface area contributed by atoms with Gasteiger partial charge in [0.15, 0.2) is 17.3 Å². The molecule has 0 atom stereocenters. The smallest absolute Gasteiger partial charge is 0.423 e. The van der Waals surface area contributed by atoms with Gasteiger partial charge in [0.25, 0.3) is 11.5 Å². The highest BCUT2D eigenvalue weighted by Crippen LogP contribution is 2.28. The van der Waals surface area contributed by atoms with E-state index >= 15 is 0 Å². The van der Waals surface area contributed by atoms with Gasteiger partial charge in [-0.1, -0.05) is 19.1 Å². The highest BCUT2D eigenvalue weighted by Gasteiger charge is 2.22. The van der Waals surface area contributed by atoms with Gasteiger partial charge in [0.05, 0.1) is 36.8 Å². The molecule has 8 heteroatoms. The Morgan fingerprint density at radius 3 is 2.60 bits per heavy atom. The Kier molecular flexibility index (Phi) is 5.22. The second kappa shape index (κ2) is 7.98. The van der Waals surface area contributed by atoms with E-state index in [0.717, 1.165) is 24.1 Å². The summed E-state index contributed by atoms with van der Waals surface area (Å²) >= 11 is 0. The minimum Gasteiger partial charge on any atom is -0.493 e. The molecule has 0 radical (unpaired) electrons. The summed E-state index contributed by atoms with van der Waals surface area (Å²) in [7, 11) is 3.05. The number of nitrogens with zero attached hydrogens (tertiary/aromatic N) is 3. The number of rotatable bonds is 7. The van der Waals surface area contributed by atoms with Crippen molar-refractivity contribution in [2.45, 2.75) is 26.3 Å². The summed E-state index contributed by atoms with van der Waals surface area (Å²) < 4.78 is 13.3. The third-order valence-electron chi connectivity index (χ3n) is 5.05. The van der Waals surface area contributed by atoms with E-state index in [1.165, 1.54) is 23.3 Å². The molecule has 0 aliphatic carbocycles. The number of hydrogen-bond acceptors (Lipinski definition) is 5. The molecule has 0 fully saturated rings. The standard InChI is InChI=1S/C22H22N4O4/c1-4-7-20-23-21-15-8-5-6-9-16(15)25(22(28)26(21)24-20)13-17(27)14-10-11-18(29-2)19(12-14)30-3/h5-6,8-12H,4,7,13H2,1-3H3/p+1. The van der Waals surface area contributed by atoms with Crippen molar-refractivity contribution in [3.05, 3.63) is 64.3 Å². The molecule has 2 heterocycles. The molecule has 1 N–H and O–H groups in total. The number of nitrogens with one attached hydrogen (secondary N) is 1. The lowest BCUT2D eigenvalue weighted by atomic mass is 10.1. The third kappa shape index (κ3) is 3.30. The van der Waals surface area contributed by atoms with Gasteiger partial charge in [-0.2, -0.15) is 0 Å². The van der Waals surface area contributed by atoms with E-state index in [1.807, 2.05) is 24.3 Å². The molecule has 0 spiro atoms. The predicted molar refractivity (Wildman–Crippen MR) is 111 cm³/mol. The molecule has 0 unspecified atom stereocenters. The number of benzene rings is 2. The van der Waals surface area contributed by atoms with Crippen molar-refractivity contribution in [3.8, 4) is 11.5 Å². The molecule has 2 aromatic heterocycles. The van der Waals surface area contributed by atoms with Gasteiger partial charge in [-0.25, -0.2) is 9.78 Å². The Labute approximate surface area is 172 Å². The van der Waals surface area contributed by atoms with Gasteiger partial charge in [-0.05, 0) is 41.3 Å². The molecule has 0 saturated carbocycles. The molecule has 8 nitrogen and oxygen atoms in total. The number of fused-ring (bicyclic) bond motifs is 3. The minimum absolute atomic E-state index is 0.117. The molecule has 2 aromatic carbocycles. The summed E-state index contributed by atoms with van der Waals surface area (Å²) in [6, 6.07) is 12.4. The Balaban J connectivity index is 1.83. The normalized spacial score (nSPS) is 11.2. The van der Waals surface area contributed by atoms with E-state index in [2.05, 4.69) is 17.0 Å². The quantitative estimate of drug-likeness (QED) is 0.439. The molecule has 30 heavy (non-hydrogen) atoms. The lowest BCUT2D eigenvalue weighted by Gasteiger charge is -2.10. The van der Waals surface area contributed by atoms with Gasteiger partial charge in [0.1, 0.15) is 0 Å². The number of carbonyl (C=O) groups is 1. The van der Waals surface area contributed by atoms with Crippen LogP contribution >= 0.6 is 0 Å². The first-order valence-electron chi connectivity index (χ1n) is 9.75. The number of ether oxygens (including phenoxy) is 2. The fourth-order valence-corrected chi connectivity index (χ4v) is 3.58. The van der Waals surface area contributed by atoms with Crippen molar-refractivity contribution in [3.63, 3.8) is 0 Å². The average Bonchev–Trinajstić information content (AvgIpc) is 3.20. The molecule has 0 aliphatic rings. The fourth-order valence-electron chi connectivity index (χ4n) is 3.58. The van der Waals surface area contributed by atoms with Crippen LogP contribution in [-0.4, -0.2) is 34.2 Å². The maximum absolute atomic E-state index is 13.2. The van der Waals surface area contributed by atoms with Gasteiger partial charge in [-0.15, -0.1) is 0 Å². The number of hydrogen-bond donors (Lipinski definition) is 0. The van der Waals surface area contributed by atoms with E-state index in [9.17, 15) is 9.59 Å². The monoisotopic (exact) mass is 407 g/mol. The number of para-hydroxylation sites is 1. The van der Waals surface area contributed by atoms with Crippen LogP contribution in [0, 0.1) is 0 Å². The molecular weight excluding hydrogens is 384 g/mol. The van der Waals surface area contributed by atoms with Gasteiger partial charge in [0.2, 0.25) is 0 Å². The van der Waals surface area contributed by atoms with Crippen LogP contribution in [0.3, 0.4) is 0 Å². The van der Waals surface area contributed by atoms with Gasteiger partial charge >= 0.3 is 5.69 Å². The summed E-state index contributed by atoms with van der Waals surface area (Å²) in [5.74, 6) is 1.52. The van der Waals surface area contributed by atoms with E-state index in [-0.39, 0.29) is 18.0 Å². The van der Waals surface area contributed by atoms with Crippen LogP contribution in [-0.2, 0) is 13.0 Å². The van der Waals surface area contributed by atoms with Crippen LogP contribution in [0.15, 0.2) is 47.3 Å². The number of carbonyl (C=O) groups excluding carboxylic acids is 1. The summed E-state index contributed by atoms with van der Waals surface area (Å²) in [5.41, 5.74) is 1.37. The first-order valence-corrected chi connectivity index (χ1v) is 9.75. The first kappa shape index (κ1) is 19.6. The lowest BCUT2D eigenvalue weighted by molar-refractivity contribution is -0.358. The summed E-state index contributed by atoms with van der Waals surface area (Å²) in [6.07, 6.45) is 1.64. The molecule has 154 valence electrons. The topological polar surface area (TPSA) is 89.0 Å². The van der Waals surface area contributed by atoms with E-state index < -0.39 is 0 Å². The number of aromatic nitrogens is 4. The van der Waals surface area contributed by atoms with Crippen molar-refractivity contribution < 1.29 is 19.3 Å². The third-order valence-corrected chi connectivity index (χ3v) is 5.05. The number of H-pyrrole nitrogens is 1. The molecule has 0 amide bonds. The van der Waals surface area contributed by atoms with Crippen molar-refractivity contribution in [1.29, 1.82) is 0 Å². The molecule has 0 aliphatic heterocycles. The minimum atomic E-state index is -0.365.